The second kappa shape index (κ2) is 5.60. The van der Waals surface area contributed by atoms with E-state index >= 15 is 0 Å². The van der Waals surface area contributed by atoms with Crippen molar-refractivity contribution in [3.63, 3.8) is 0 Å². The molecule has 108 valence electrons. The van der Waals surface area contributed by atoms with Crippen LogP contribution in [-0.4, -0.2) is 8.42 Å². The van der Waals surface area contributed by atoms with Crippen LogP contribution in [0.4, 0.5) is 15.8 Å². The minimum absolute atomic E-state index is 0.101. The lowest BCUT2D eigenvalue weighted by Gasteiger charge is -2.11. The highest BCUT2D eigenvalue weighted by Gasteiger charge is 2.21. The highest BCUT2D eigenvalue weighted by molar-refractivity contribution is 7.92. The molecule has 0 spiro atoms. The van der Waals surface area contributed by atoms with Gasteiger partial charge in [-0.3, -0.25) is 4.72 Å². The molecule has 0 unspecified atom stereocenters. The van der Waals surface area contributed by atoms with Crippen molar-refractivity contribution >= 4 is 33.0 Å². The molecule has 0 heterocycles. The number of benzene rings is 2. The SMILES string of the molecule is N#Cc1ccc(Cl)cc1S(=O)(=O)Nc1cc(N)ccc1F. The van der Waals surface area contributed by atoms with Gasteiger partial charge in [0.2, 0.25) is 0 Å². The molecule has 0 aliphatic carbocycles. The van der Waals surface area contributed by atoms with Gasteiger partial charge in [0.25, 0.3) is 10.0 Å². The number of nitrogens with zero attached hydrogens (tertiary/aromatic N) is 1. The molecule has 0 aromatic heterocycles. The van der Waals surface area contributed by atoms with Gasteiger partial charge in [-0.05, 0) is 36.4 Å². The highest BCUT2D eigenvalue weighted by Crippen LogP contribution is 2.25. The fourth-order valence-electron chi connectivity index (χ4n) is 1.63. The van der Waals surface area contributed by atoms with Crippen LogP contribution in [0.1, 0.15) is 5.56 Å². The van der Waals surface area contributed by atoms with Gasteiger partial charge in [0.1, 0.15) is 16.8 Å². The number of halogens is 2. The van der Waals surface area contributed by atoms with Gasteiger partial charge in [0, 0.05) is 10.7 Å². The first-order valence-corrected chi connectivity index (χ1v) is 7.47. The van der Waals surface area contributed by atoms with Crippen molar-refractivity contribution in [2.45, 2.75) is 4.90 Å². The van der Waals surface area contributed by atoms with E-state index in [0.29, 0.717) is 0 Å². The molecule has 0 aliphatic heterocycles. The molecular weight excluding hydrogens is 317 g/mol. The van der Waals surface area contributed by atoms with Crippen LogP contribution in [0.2, 0.25) is 5.02 Å². The lowest BCUT2D eigenvalue weighted by Crippen LogP contribution is -2.15. The van der Waals surface area contributed by atoms with E-state index in [1.165, 1.54) is 18.2 Å². The summed E-state index contributed by atoms with van der Waals surface area (Å²) in [7, 11) is -4.17. The van der Waals surface area contributed by atoms with Crippen molar-refractivity contribution in [3.05, 3.63) is 52.8 Å². The fraction of sp³-hybridized carbons (Fsp3) is 0. The second-order valence-corrected chi connectivity index (χ2v) is 6.18. The van der Waals surface area contributed by atoms with Crippen LogP contribution in [-0.2, 0) is 10.0 Å². The molecule has 2 rings (SSSR count). The Balaban J connectivity index is 2.51. The first-order valence-electron chi connectivity index (χ1n) is 5.61. The summed E-state index contributed by atoms with van der Waals surface area (Å²) in [4.78, 5) is -0.334. The number of nitrogen functional groups attached to an aromatic ring is 1. The van der Waals surface area contributed by atoms with Gasteiger partial charge in [-0.2, -0.15) is 5.26 Å². The molecule has 8 heteroatoms. The van der Waals surface area contributed by atoms with Gasteiger partial charge in [-0.1, -0.05) is 11.6 Å². The van der Waals surface area contributed by atoms with Crippen molar-refractivity contribution in [2.75, 3.05) is 10.5 Å². The summed E-state index contributed by atoms with van der Waals surface area (Å²) in [5.74, 6) is -0.784. The number of nitriles is 1. The Morgan fingerprint density at radius 1 is 1.24 bits per heavy atom. The van der Waals surface area contributed by atoms with Gasteiger partial charge in [0.05, 0.1) is 11.3 Å². The Morgan fingerprint density at radius 3 is 2.62 bits per heavy atom. The summed E-state index contributed by atoms with van der Waals surface area (Å²) >= 11 is 5.74. The Morgan fingerprint density at radius 2 is 1.95 bits per heavy atom. The number of sulfonamides is 1. The van der Waals surface area contributed by atoms with Crippen LogP contribution in [0.3, 0.4) is 0 Å². The zero-order valence-electron chi connectivity index (χ0n) is 10.5. The van der Waals surface area contributed by atoms with Gasteiger partial charge in [-0.15, -0.1) is 0 Å². The maximum absolute atomic E-state index is 13.6. The van der Waals surface area contributed by atoms with Crippen molar-refractivity contribution in [3.8, 4) is 6.07 Å². The largest absolute Gasteiger partial charge is 0.399 e. The molecule has 0 saturated heterocycles. The molecule has 21 heavy (non-hydrogen) atoms. The van der Waals surface area contributed by atoms with E-state index in [-0.39, 0.29) is 26.9 Å². The fourth-order valence-corrected chi connectivity index (χ4v) is 3.11. The topological polar surface area (TPSA) is 96.0 Å². The van der Waals surface area contributed by atoms with Crippen LogP contribution in [0.25, 0.3) is 0 Å². The smallest absolute Gasteiger partial charge is 0.263 e. The number of nitrogens with one attached hydrogen (secondary N) is 1. The Kier molecular flexibility index (Phi) is 4.02. The van der Waals surface area contributed by atoms with Crippen molar-refractivity contribution in [1.29, 1.82) is 5.26 Å². The maximum Gasteiger partial charge on any atom is 0.263 e. The van der Waals surface area contributed by atoms with Gasteiger partial charge >= 0.3 is 0 Å². The molecule has 0 amide bonds. The van der Waals surface area contributed by atoms with E-state index < -0.39 is 15.8 Å². The third-order valence-corrected chi connectivity index (χ3v) is 4.23. The van der Waals surface area contributed by atoms with Gasteiger partial charge in [0.15, 0.2) is 0 Å². The molecule has 3 N–H and O–H groups in total. The molecule has 0 saturated carbocycles. The zero-order chi connectivity index (χ0) is 15.6. The first-order chi connectivity index (χ1) is 9.83. The highest BCUT2D eigenvalue weighted by atomic mass is 35.5. The Hall–Kier alpha value is -2.30. The number of hydrogen-bond donors (Lipinski definition) is 2. The number of rotatable bonds is 3. The van der Waals surface area contributed by atoms with E-state index in [9.17, 15) is 12.8 Å². The molecule has 0 aliphatic rings. The van der Waals surface area contributed by atoms with Crippen LogP contribution in [0.15, 0.2) is 41.3 Å². The molecule has 0 bridgehead atoms. The van der Waals surface area contributed by atoms with Crippen LogP contribution >= 0.6 is 11.6 Å². The number of hydrogen-bond acceptors (Lipinski definition) is 4. The van der Waals surface area contributed by atoms with E-state index in [1.54, 1.807) is 6.07 Å². The van der Waals surface area contributed by atoms with Gasteiger partial charge in [-0.25, -0.2) is 12.8 Å². The molecule has 0 fully saturated rings. The first kappa shape index (κ1) is 15.1. The second-order valence-electron chi connectivity index (χ2n) is 4.10. The quantitative estimate of drug-likeness (QED) is 0.848. The van der Waals surface area contributed by atoms with E-state index in [1.807, 2.05) is 0 Å². The maximum atomic E-state index is 13.6. The summed E-state index contributed by atoms with van der Waals surface area (Å²) < 4.78 is 40.2. The third kappa shape index (κ3) is 3.24. The molecule has 0 radical (unpaired) electrons. The van der Waals surface area contributed by atoms with E-state index in [4.69, 9.17) is 22.6 Å². The number of anilines is 2. The van der Waals surface area contributed by atoms with E-state index in [2.05, 4.69) is 4.72 Å². The lowest BCUT2D eigenvalue weighted by molar-refractivity contribution is 0.598. The lowest BCUT2D eigenvalue weighted by atomic mass is 10.2. The molecule has 2 aromatic carbocycles. The monoisotopic (exact) mass is 325 g/mol. The van der Waals surface area contributed by atoms with Gasteiger partial charge < -0.3 is 5.73 Å². The van der Waals surface area contributed by atoms with Crippen molar-refractivity contribution < 1.29 is 12.8 Å². The summed E-state index contributed by atoms with van der Waals surface area (Å²) in [5.41, 5.74) is 5.28. The molecule has 0 atom stereocenters. The summed E-state index contributed by atoms with van der Waals surface area (Å²) in [5, 5.41) is 9.10. The summed E-state index contributed by atoms with van der Waals surface area (Å²) in [6, 6.07) is 9.00. The third-order valence-electron chi connectivity index (χ3n) is 2.59. The van der Waals surface area contributed by atoms with Crippen LogP contribution < -0.4 is 10.5 Å². The predicted molar refractivity (Wildman–Crippen MR) is 77.8 cm³/mol. The average molecular weight is 326 g/mol. The predicted octanol–water partition coefficient (Wildman–Crippen LogP) is 2.73. The van der Waals surface area contributed by atoms with Crippen molar-refractivity contribution in [2.24, 2.45) is 0 Å². The van der Waals surface area contributed by atoms with E-state index in [0.717, 1.165) is 18.2 Å². The molecular formula is C13H9ClFN3O2S. The summed E-state index contributed by atoms with van der Waals surface area (Å²) in [6.45, 7) is 0. The van der Waals surface area contributed by atoms with Crippen LogP contribution in [0.5, 0.6) is 0 Å². The Bertz CT molecular complexity index is 847. The minimum Gasteiger partial charge on any atom is -0.399 e. The minimum atomic E-state index is -4.17. The van der Waals surface area contributed by atoms with Crippen molar-refractivity contribution in [1.82, 2.24) is 0 Å². The zero-order valence-corrected chi connectivity index (χ0v) is 12.0. The average Bonchev–Trinajstić information content (AvgIpc) is 2.42. The summed E-state index contributed by atoms with van der Waals surface area (Å²) in [6.07, 6.45) is 0. The molecule has 5 nitrogen and oxygen atoms in total. The normalized spacial score (nSPS) is 10.9. The number of nitrogens with two attached hydrogens (primary N) is 1. The standard InChI is InChI=1S/C13H9ClFN3O2S/c14-9-2-1-8(7-16)13(5-9)21(19,20)18-12-6-10(17)3-4-11(12)15/h1-6,18H,17H2. The Labute approximate surface area is 125 Å². The van der Waals surface area contributed by atoms with Crippen LogP contribution in [0, 0.1) is 17.1 Å². The molecule has 2 aromatic rings.